The smallest absolute Gasteiger partial charge is 0.234 e. The molecule has 1 aliphatic heterocycles. The molecule has 1 aliphatic rings. The summed E-state index contributed by atoms with van der Waals surface area (Å²) in [6, 6.07) is 0. The third-order valence-corrected chi connectivity index (χ3v) is 1.25. The zero-order valence-electron chi connectivity index (χ0n) is 5.03. The van der Waals surface area contributed by atoms with Gasteiger partial charge in [-0.15, -0.1) is 0 Å². The molecule has 0 unspecified atom stereocenters. The highest BCUT2D eigenvalue weighted by Crippen LogP contribution is 2.12. The van der Waals surface area contributed by atoms with E-state index in [0.29, 0.717) is 0 Å². The highest BCUT2D eigenvalue weighted by Gasteiger charge is 2.29. The van der Waals surface area contributed by atoms with Gasteiger partial charge in [0.15, 0.2) is 0 Å². The lowest BCUT2D eigenvalue weighted by atomic mass is 9.94. The SMILES string of the molecule is CC1(C(N)=O)C=NN=C1. The molecule has 0 radical (unpaired) electrons. The number of amides is 1. The van der Waals surface area contributed by atoms with E-state index >= 15 is 0 Å². The molecule has 9 heavy (non-hydrogen) atoms. The van der Waals surface area contributed by atoms with E-state index in [1.807, 2.05) is 0 Å². The van der Waals surface area contributed by atoms with Crippen molar-refractivity contribution in [2.45, 2.75) is 6.92 Å². The minimum absolute atomic E-state index is 0.424. The van der Waals surface area contributed by atoms with Gasteiger partial charge in [-0.05, 0) is 6.92 Å². The average Bonchev–Trinajstić information content (AvgIpc) is 2.16. The molecule has 0 fully saturated rings. The van der Waals surface area contributed by atoms with E-state index in [1.165, 1.54) is 12.4 Å². The fourth-order valence-corrected chi connectivity index (χ4v) is 0.467. The second-order valence-corrected chi connectivity index (χ2v) is 2.14. The van der Waals surface area contributed by atoms with Crippen molar-refractivity contribution in [3.05, 3.63) is 0 Å². The van der Waals surface area contributed by atoms with Gasteiger partial charge in [-0.25, -0.2) is 0 Å². The molecular weight excluding hydrogens is 118 g/mol. The van der Waals surface area contributed by atoms with E-state index in [1.54, 1.807) is 6.92 Å². The molecule has 4 nitrogen and oxygen atoms in total. The summed E-state index contributed by atoms with van der Waals surface area (Å²) in [6.45, 7) is 1.66. The molecule has 0 atom stereocenters. The first-order chi connectivity index (χ1) is 4.15. The minimum atomic E-state index is -0.750. The van der Waals surface area contributed by atoms with E-state index in [0.717, 1.165) is 0 Å². The van der Waals surface area contributed by atoms with E-state index in [4.69, 9.17) is 5.73 Å². The Morgan fingerprint density at radius 1 is 1.56 bits per heavy atom. The van der Waals surface area contributed by atoms with Crippen molar-refractivity contribution in [2.75, 3.05) is 0 Å². The van der Waals surface area contributed by atoms with Gasteiger partial charge in [0.1, 0.15) is 5.41 Å². The van der Waals surface area contributed by atoms with Crippen LogP contribution in [-0.4, -0.2) is 18.3 Å². The van der Waals surface area contributed by atoms with Gasteiger partial charge in [0, 0.05) is 12.4 Å². The molecule has 1 heterocycles. The number of carbonyl (C=O) groups excluding carboxylic acids is 1. The van der Waals surface area contributed by atoms with Crippen molar-refractivity contribution in [1.82, 2.24) is 0 Å². The Kier molecular flexibility index (Phi) is 1.09. The van der Waals surface area contributed by atoms with E-state index < -0.39 is 11.3 Å². The predicted molar refractivity (Wildman–Crippen MR) is 34.3 cm³/mol. The molecule has 48 valence electrons. The summed E-state index contributed by atoms with van der Waals surface area (Å²) >= 11 is 0. The lowest BCUT2D eigenvalue weighted by molar-refractivity contribution is -0.120. The quantitative estimate of drug-likeness (QED) is 0.506. The standard InChI is InChI=1S/C5H7N3O/c1-5(4(6)9)2-7-8-3-5/h2-3H,1H3,(H2,6,9). The van der Waals surface area contributed by atoms with Gasteiger partial charge >= 0.3 is 0 Å². The van der Waals surface area contributed by atoms with Crippen molar-refractivity contribution in [2.24, 2.45) is 21.4 Å². The molecule has 0 aromatic heterocycles. The number of rotatable bonds is 1. The molecule has 0 aliphatic carbocycles. The number of primary amides is 1. The number of carbonyl (C=O) groups is 1. The van der Waals surface area contributed by atoms with Gasteiger partial charge in [-0.3, -0.25) is 4.79 Å². The fourth-order valence-electron chi connectivity index (χ4n) is 0.467. The van der Waals surface area contributed by atoms with Gasteiger partial charge in [-0.1, -0.05) is 0 Å². The van der Waals surface area contributed by atoms with E-state index in [-0.39, 0.29) is 0 Å². The van der Waals surface area contributed by atoms with Crippen molar-refractivity contribution < 1.29 is 4.79 Å². The zero-order chi connectivity index (χ0) is 6.91. The molecule has 4 heteroatoms. The normalized spacial score (nSPS) is 20.6. The zero-order valence-corrected chi connectivity index (χ0v) is 5.03. The van der Waals surface area contributed by atoms with E-state index in [9.17, 15) is 4.79 Å². The summed E-state index contributed by atoms with van der Waals surface area (Å²) in [5, 5.41) is 7.00. The molecule has 0 spiro atoms. The Bertz CT molecular complexity index is 182. The second kappa shape index (κ2) is 1.65. The van der Waals surface area contributed by atoms with Gasteiger partial charge in [0.2, 0.25) is 5.91 Å². The van der Waals surface area contributed by atoms with Gasteiger partial charge in [0.05, 0.1) is 0 Å². The molecule has 1 rings (SSSR count). The third-order valence-electron chi connectivity index (χ3n) is 1.25. The Morgan fingerprint density at radius 3 is 2.22 bits per heavy atom. The average molecular weight is 125 g/mol. The van der Waals surface area contributed by atoms with Gasteiger partial charge in [0.25, 0.3) is 0 Å². The molecule has 0 saturated carbocycles. The van der Waals surface area contributed by atoms with Crippen LogP contribution in [0.2, 0.25) is 0 Å². The van der Waals surface area contributed by atoms with Crippen LogP contribution in [0.5, 0.6) is 0 Å². The molecule has 0 aromatic carbocycles. The number of hydrogen-bond acceptors (Lipinski definition) is 3. The maximum absolute atomic E-state index is 10.6. The summed E-state index contributed by atoms with van der Waals surface area (Å²) < 4.78 is 0. The van der Waals surface area contributed by atoms with Gasteiger partial charge < -0.3 is 5.73 Å². The van der Waals surface area contributed by atoms with Crippen LogP contribution in [0.1, 0.15) is 6.92 Å². The topological polar surface area (TPSA) is 67.8 Å². The van der Waals surface area contributed by atoms with Crippen LogP contribution in [0.4, 0.5) is 0 Å². The highest BCUT2D eigenvalue weighted by molar-refractivity contribution is 6.13. The Morgan fingerprint density at radius 2 is 2.00 bits per heavy atom. The lowest BCUT2D eigenvalue weighted by Crippen LogP contribution is -2.35. The first kappa shape index (κ1) is 5.94. The number of hydrogen-bond donors (Lipinski definition) is 1. The second-order valence-electron chi connectivity index (χ2n) is 2.14. The maximum atomic E-state index is 10.6. The minimum Gasteiger partial charge on any atom is -0.369 e. The van der Waals surface area contributed by atoms with Crippen molar-refractivity contribution >= 4 is 18.3 Å². The van der Waals surface area contributed by atoms with Crippen molar-refractivity contribution in [1.29, 1.82) is 0 Å². The predicted octanol–water partition coefficient (Wildman–Crippen LogP) is -0.452. The van der Waals surface area contributed by atoms with E-state index in [2.05, 4.69) is 10.2 Å². The Hall–Kier alpha value is -1.19. The first-order valence-electron chi connectivity index (χ1n) is 2.54. The van der Waals surface area contributed by atoms with Crippen LogP contribution in [0.25, 0.3) is 0 Å². The lowest BCUT2D eigenvalue weighted by Gasteiger charge is -2.08. The first-order valence-corrected chi connectivity index (χ1v) is 2.54. The fraction of sp³-hybridized carbons (Fsp3) is 0.400. The molecule has 0 bridgehead atoms. The van der Waals surface area contributed by atoms with Crippen molar-refractivity contribution in [3.63, 3.8) is 0 Å². The maximum Gasteiger partial charge on any atom is 0.234 e. The van der Waals surface area contributed by atoms with Gasteiger partial charge in [-0.2, -0.15) is 10.2 Å². The third kappa shape index (κ3) is 0.826. The highest BCUT2D eigenvalue weighted by atomic mass is 16.1. The molecular formula is C5H7N3O. The van der Waals surface area contributed by atoms with Crippen LogP contribution in [-0.2, 0) is 4.79 Å². The molecule has 0 aromatic rings. The molecule has 2 N–H and O–H groups in total. The molecule has 1 amide bonds. The van der Waals surface area contributed by atoms with Crippen LogP contribution in [0, 0.1) is 5.41 Å². The van der Waals surface area contributed by atoms with Crippen LogP contribution >= 0.6 is 0 Å². The summed E-state index contributed by atoms with van der Waals surface area (Å²) in [7, 11) is 0. The largest absolute Gasteiger partial charge is 0.369 e. The summed E-state index contributed by atoms with van der Waals surface area (Å²) in [5.41, 5.74) is 4.26. The monoisotopic (exact) mass is 125 g/mol. The summed E-state index contributed by atoms with van der Waals surface area (Å²) in [6.07, 6.45) is 2.85. The Balaban J connectivity index is 2.88. The van der Waals surface area contributed by atoms with Crippen LogP contribution in [0.15, 0.2) is 10.2 Å². The summed E-state index contributed by atoms with van der Waals surface area (Å²) in [5.74, 6) is -0.424. The van der Waals surface area contributed by atoms with Crippen LogP contribution < -0.4 is 5.73 Å². The summed E-state index contributed by atoms with van der Waals surface area (Å²) in [4.78, 5) is 10.6. The Labute approximate surface area is 52.5 Å². The molecule has 0 saturated heterocycles. The number of nitrogens with two attached hydrogens (primary N) is 1. The number of nitrogens with zero attached hydrogens (tertiary/aromatic N) is 2. The van der Waals surface area contributed by atoms with Crippen LogP contribution in [0.3, 0.4) is 0 Å². The van der Waals surface area contributed by atoms with Crippen molar-refractivity contribution in [3.8, 4) is 0 Å².